The molecule has 0 bridgehead atoms. The Morgan fingerprint density at radius 2 is 2.28 bits per heavy atom. The maximum Gasteiger partial charge on any atom is 0.246 e. The fraction of sp³-hybridized carbons (Fsp3) is 0.583. The van der Waals surface area contributed by atoms with Crippen molar-refractivity contribution in [2.75, 3.05) is 6.54 Å². The van der Waals surface area contributed by atoms with Crippen molar-refractivity contribution in [3.05, 3.63) is 18.2 Å². The van der Waals surface area contributed by atoms with Crippen molar-refractivity contribution in [2.24, 2.45) is 0 Å². The predicted octanol–water partition coefficient (Wildman–Crippen LogP) is -0.168. The quantitative estimate of drug-likeness (QED) is 0.763. The molecule has 0 aliphatic carbocycles. The number of nitrogens with zero attached hydrogens (tertiary/aromatic N) is 2. The molecule has 96 valence electrons. The Hall–Kier alpha value is -1.85. The van der Waals surface area contributed by atoms with E-state index in [-0.39, 0.29) is 17.9 Å². The number of rotatable bonds is 2. The largest absolute Gasteiger partial charge is 0.348 e. The second-order valence-corrected chi connectivity index (χ2v) is 4.89. The predicted molar refractivity (Wildman–Crippen MR) is 63.6 cm³/mol. The van der Waals surface area contributed by atoms with Crippen molar-refractivity contribution in [3.8, 4) is 0 Å². The molecule has 2 fully saturated rings. The molecule has 2 aliphatic rings. The number of hydrogen-bond donors (Lipinski definition) is 2. The van der Waals surface area contributed by atoms with Crippen molar-refractivity contribution in [1.82, 2.24) is 20.2 Å². The fourth-order valence-corrected chi connectivity index (χ4v) is 2.75. The van der Waals surface area contributed by atoms with Crippen LogP contribution in [0.25, 0.3) is 0 Å². The van der Waals surface area contributed by atoms with Gasteiger partial charge in [0.05, 0.1) is 6.33 Å². The number of piperidine rings is 1. The Bertz CT molecular complexity index is 457. The van der Waals surface area contributed by atoms with E-state index in [2.05, 4.69) is 15.3 Å². The zero-order chi connectivity index (χ0) is 12.5. The summed E-state index contributed by atoms with van der Waals surface area (Å²) in [4.78, 5) is 32.9. The molecule has 2 aliphatic heterocycles. The number of H-pyrrole nitrogens is 1. The van der Waals surface area contributed by atoms with Gasteiger partial charge in [0, 0.05) is 24.9 Å². The van der Waals surface area contributed by atoms with Crippen LogP contribution in [0.3, 0.4) is 0 Å². The first-order valence-corrected chi connectivity index (χ1v) is 6.34. The Morgan fingerprint density at radius 1 is 1.39 bits per heavy atom. The van der Waals surface area contributed by atoms with Crippen LogP contribution in [-0.2, 0) is 16.0 Å². The van der Waals surface area contributed by atoms with Gasteiger partial charge in [0.25, 0.3) is 0 Å². The number of carbonyl (C=O) groups excluding carboxylic acids is 2. The van der Waals surface area contributed by atoms with E-state index in [0.29, 0.717) is 13.0 Å². The Labute approximate surface area is 105 Å². The number of aromatic nitrogens is 2. The van der Waals surface area contributed by atoms with E-state index in [0.717, 1.165) is 25.0 Å². The first-order chi connectivity index (χ1) is 8.75. The molecular weight excluding hydrogens is 232 g/mol. The molecule has 3 rings (SSSR count). The molecule has 1 aromatic rings. The third-order valence-corrected chi connectivity index (χ3v) is 3.68. The Morgan fingerprint density at radius 3 is 3.06 bits per heavy atom. The minimum absolute atomic E-state index is 0.0150. The summed E-state index contributed by atoms with van der Waals surface area (Å²) in [6.45, 7) is 0.705. The summed E-state index contributed by atoms with van der Waals surface area (Å²) in [6.07, 6.45) is 6.54. The molecule has 6 nitrogen and oxygen atoms in total. The number of piperazine rings is 1. The molecule has 3 heterocycles. The first kappa shape index (κ1) is 11.3. The summed E-state index contributed by atoms with van der Waals surface area (Å²) in [5.74, 6) is 0.0210. The standard InChI is InChI=1S/C12H16N4O2/c17-11-10-3-1-2-4-16(10)12(18)9(15-11)5-8-6-13-7-14-8/h6-7,9-10H,1-5H2,(H,13,14)(H,15,17)/t9-,10-/m0/s1. The third kappa shape index (κ3) is 1.87. The molecule has 18 heavy (non-hydrogen) atoms. The van der Waals surface area contributed by atoms with Crippen LogP contribution in [0.5, 0.6) is 0 Å². The molecule has 1 aromatic heterocycles. The monoisotopic (exact) mass is 248 g/mol. The molecule has 6 heteroatoms. The summed E-state index contributed by atoms with van der Waals surface area (Å²) >= 11 is 0. The van der Waals surface area contributed by atoms with Gasteiger partial charge >= 0.3 is 0 Å². The summed E-state index contributed by atoms with van der Waals surface area (Å²) in [5, 5.41) is 2.83. The van der Waals surface area contributed by atoms with Gasteiger partial charge in [-0.15, -0.1) is 0 Å². The van der Waals surface area contributed by atoms with E-state index in [4.69, 9.17) is 0 Å². The average molecular weight is 248 g/mol. The van der Waals surface area contributed by atoms with Gasteiger partial charge in [0.15, 0.2) is 0 Å². The molecule has 2 atom stereocenters. The van der Waals surface area contributed by atoms with Gasteiger partial charge in [-0.1, -0.05) is 0 Å². The minimum Gasteiger partial charge on any atom is -0.348 e. The van der Waals surface area contributed by atoms with Crippen LogP contribution in [0.2, 0.25) is 0 Å². The molecule has 2 saturated heterocycles. The van der Waals surface area contributed by atoms with E-state index in [1.807, 2.05) is 0 Å². The highest BCUT2D eigenvalue weighted by Gasteiger charge is 2.41. The van der Waals surface area contributed by atoms with Gasteiger partial charge in [-0.2, -0.15) is 0 Å². The van der Waals surface area contributed by atoms with Crippen molar-refractivity contribution in [1.29, 1.82) is 0 Å². The van der Waals surface area contributed by atoms with Gasteiger partial charge in [0.2, 0.25) is 11.8 Å². The van der Waals surface area contributed by atoms with E-state index in [9.17, 15) is 9.59 Å². The van der Waals surface area contributed by atoms with Crippen LogP contribution in [0.1, 0.15) is 25.0 Å². The lowest BCUT2D eigenvalue weighted by Gasteiger charge is -2.41. The van der Waals surface area contributed by atoms with Crippen LogP contribution >= 0.6 is 0 Å². The number of fused-ring (bicyclic) bond motifs is 1. The molecule has 0 aromatic carbocycles. The number of hydrogen-bond acceptors (Lipinski definition) is 3. The van der Waals surface area contributed by atoms with Crippen LogP contribution in [0.4, 0.5) is 0 Å². The maximum atomic E-state index is 12.3. The minimum atomic E-state index is -0.452. The highest BCUT2D eigenvalue weighted by Crippen LogP contribution is 2.22. The van der Waals surface area contributed by atoms with Crippen LogP contribution in [0, 0.1) is 0 Å². The number of amides is 2. The average Bonchev–Trinajstić information content (AvgIpc) is 2.89. The lowest BCUT2D eigenvalue weighted by Crippen LogP contribution is -2.64. The number of imidazole rings is 1. The Balaban J connectivity index is 1.76. The second kappa shape index (κ2) is 4.44. The molecule has 0 spiro atoms. The molecule has 0 unspecified atom stereocenters. The second-order valence-electron chi connectivity index (χ2n) is 4.89. The van der Waals surface area contributed by atoms with E-state index in [1.165, 1.54) is 0 Å². The zero-order valence-corrected chi connectivity index (χ0v) is 10.1. The van der Waals surface area contributed by atoms with Gasteiger partial charge in [-0.05, 0) is 19.3 Å². The van der Waals surface area contributed by atoms with Gasteiger partial charge < -0.3 is 15.2 Å². The SMILES string of the molecule is O=C1N[C@@H](Cc2cnc[nH]2)C(=O)N2CCCC[C@@H]12. The van der Waals surface area contributed by atoms with Crippen molar-refractivity contribution in [3.63, 3.8) is 0 Å². The summed E-state index contributed by atoms with van der Waals surface area (Å²) in [7, 11) is 0. The Kier molecular flexibility index (Phi) is 2.77. The molecule has 0 saturated carbocycles. The number of carbonyl (C=O) groups is 2. The van der Waals surface area contributed by atoms with Crippen LogP contribution < -0.4 is 5.32 Å². The van der Waals surface area contributed by atoms with E-state index < -0.39 is 6.04 Å². The molecule has 0 radical (unpaired) electrons. The molecule has 2 N–H and O–H groups in total. The maximum absolute atomic E-state index is 12.3. The number of nitrogens with one attached hydrogen (secondary N) is 2. The molecular formula is C12H16N4O2. The normalized spacial score (nSPS) is 27.9. The summed E-state index contributed by atoms with van der Waals surface area (Å²) in [5.41, 5.74) is 0.865. The van der Waals surface area contributed by atoms with Crippen molar-refractivity contribution < 1.29 is 9.59 Å². The lowest BCUT2D eigenvalue weighted by molar-refractivity contribution is -0.151. The highest BCUT2D eigenvalue weighted by molar-refractivity contribution is 5.97. The first-order valence-electron chi connectivity index (χ1n) is 6.34. The third-order valence-electron chi connectivity index (χ3n) is 3.68. The molecule has 2 amide bonds. The summed E-state index contributed by atoms with van der Waals surface area (Å²) in [6, 6.07) is -0.698. The zero-order valence-electron chi connectivity index (χ0n) is 10.1. The lowest BCUT2D eigenvalue weighted by atomic mass is 9.95. The van der Waals surface area contributed by atoms with Gasteiger partial charge in [0.1, 0.15) is 12.1 Å². The van der Waals surface area contributed by atoms with Crippen LogP contribution in [-0.4, -0.2) is 45.3 Å². The smallest absolute Gasteiger partial charge is 0.246 e. The highest BCUT2D eigenvalue weighted by atomic mass is 16.2. The fourth-order valence-electron chi connectivity index (χ4n) is 2.75. The van der Waals surface area contributed by atoms with Gasteiger partial charge in [-0.3, -0.25) is 9.59 Å². The van der Waals surface area contributed by atoms with E-state index in [1.54, 1.807) is 17.4 Å². The van der Waals surface area contributed by atoms with Crippen molar-refractivity contribution in [2.45, 2.75) is 37.8 Å². The van der Waals surface area contributed by atoms with E-state index >= 15 is 0 Å². The number of aromatic amines is 1. The topological polar surface area (TPSA) is 78.1 Å². The van der Waals surface area contributed by atoms with Gasteiger partial charge in [-0.25, -0.2) is 4.98 Å². The van der Waals surface area contributed by atoms with Crippen molar-refractivity contribution >= 4 is 11.8 Å². The summed E-state index contributed by atoms with van der Waals surface area (Å²) < 4.78 is 0. The van der Waals surface area contributed by atoms with Crippen LogP contribution in [0.15, 0.2) is 12.5 Å².